The van der Waals surface area contributed by atoms with E-state index in [9.17, 15) is 0 Å². The SMILES string of the molecule is c1ccc(-n2ccn3c4cc(-n5cc[n+]6c7ccccc7[nH]c56)ccc4nc23)cc1. The van der Waals surface area contributed by atoms with Gasteiger partial charge in [-0.2, -0.15) is 4.40 Å². The lowest BCUT2D eigenvalue weighted by molar-refractivity contribution is -0.479. The van der Waals surface area contributed by atoms with Crippen LogP contribution in [0.5, 0.6) is 0 Å². The Morgan fingerprint density at radius 3 is 2.57 bits per heavy atom. The first-order valence-corrected chi connectivity index (χ1v) is 9.91. The van der Waals surface area contributed by atoms with Crippen LogP contribution in [-0.4, -0.2) is 23.5 Å². The van der Waals surface area contributed by atoms with Crippen molar-refractivity contribution in [3.8, 4) is 11.4 Å². The van der Waals surface area contributed by atoms with E-state index in [1.54, 1.807) is 0 Å². The van der Waals surface area contributed by atoms with Crippen LogP contribution in [0.4, 0.5) is 0 Å². The van der Waals surface area contributed by atoms with Crippen LogP contribution in [0.3, 0.4) is 0 Å². The summed E-state index contributed by atoms with van der Waals surface area (Å²) in [4.78, 5) is 8.40. The molecule has 0 atom stereocenters. The maximum atomic E-state index is 4.87. The minimum Gasteiger partial charge on any atom is -0.286 e. The van der Waals surface area contributed by atoms with Crippen LogP contribution in [0.15, 0.2) is 97.6 Å². The largest absolute Gasteiger partial charge is 0.372 e. The van der Waals surface area contributed by atoms with Gasteiger partial charge < -0.3 is 0 Å². The summed E-state index contributed by atoms with van der Waals surface area (Å²) in [6.45, 7) is 0. The molecule has 0 aliphatic carbocycles. The normalized spacial score (nSPS) is 12.0. The zero-order chi connectivity index (χ0) is 19.7. The molecule has 0 saturated heterocycles. The third kappa shape index (κ3) is 2.02. The summed E-state index contributed by atoms with van der Waals surface area (Å²) in [7, 11) is 0. The van der Waals surface area contributed by atoms with E-state index >= 15 is 0 Å². The van der Waals surface area contributed by atoms with E-state index in [0.29, 0.717) is 0 Å². The van der Waals surface area contributed by atoms with Gasteiger partial charge in [0.15, 0.2) is 0 Å². The van der Waals surface area contributed by atoms with Crippen molar-refractivity contribution < 1.29 is 4.40 Å². The quantitative estimate of drug-likeness (QED) is 0.441. The van der Waals surface area contributed by atoms with E-state index in [0.717, 1.165) is 39.5 Å². The van der Waals surface area contributed by atoms with Crippen molar-refractivity contribution in [2.24, 2.45) is 0 Å². The number of H-pyrrole nitrogens is 1. The number of para-hydroxylation sites is 3. The van der Waals surface area contributed by atoms with E-state index < -0.39 is 0 Å². The minimum atomic E-state index is 0.908. The molecule has 1 N–H and O–H groups in total. The second-order valence-corrected chi connectivity index (χ2v) is 7.46. The molecule has 3 aromatic carbocycles. The van der Waals surface area contributed by atoms with Gasteiger partial charge in [0.2, 0.25) is 5.78 Å². The highest BCUT2D eigenvalue weighted by molar-refractivity contribution is 5.82. The summed E-state index contributed by atoms with van der Waals surface area (Å²) in [6, 6.07) is 25.0. The molecule has 142 valence electrons. The fourth-order valence-corrected chi connectivity index (χ4v) is 4.35. The molecule has 0 aliphatic heterocycles. The van der Waals surface area contributed by atoms with Gasteiger partial charge >= 0.3 is 5.78 Å². The summed E-state index contributed by atoms with van der Waals surface area (Å²) in [5.74, 6) is 1.93. The van der Waals surface area contributed by atoms with E-state index in [-0.39, 0.29) is 0 Å². The van der Waals surface area contributed by atoms with Crippen molar-refractivity contribution in [2.45, 2.75) is 0 Å². The predicted molar refractivity (Wildman–Crippen MR) is 116 cm³/mol. The first-order chi connectivity index (χ1) is 14.9. The Morgan fingerprint density at radius 1 is 0.767 bits per heavy atom. The van der Waals surface area contributed by atoms with Crippen molar-refractivity contribution in [3.05, 3.63) is 97.6 Å². The summed E-state index contributed by atoms with van der Waals surface area (Å²) in [6.07, 6.45) is 8.32. The highest BCUT2D eigenvalue weighted by Gasteiger charge is 2.18. The number of imidazole rings is 4. The number of nitrogens with zero attached hydrogens (tertiary/aromatic N) is 5. The molecule has 0 unspecified atom stereocenters. The molecular formula is C24H17N6+. The van der Waals surface area contributed by atoms with Crippen LogP contribution >= 0.6 is 0 Å². The van der Waals surface area contributed by atoms with Gasteiger partial charge in [-0.3, -0.25) is 8.97 Å². The second kappa shape index (κ2) is 5.61. The first-order valence-electron chi connectivity index (χ1n) is 9.91. The molecule has 0 bridgehead atoms. The lowest BCUT2D eigenvalue weighted by atomic mass is 10.2. The molecule has 6 heteroatoms. The zero-order valence-corrected chi connectivity index (χ0v) is 16.0. The van der Waals surface area contributed by atoms with Crippen LogP contribution in [0.1, 0.15) is 0 Å². The smallest absolute Gasteiger partial charge is 0.286 e. The Labute approximate surface area is 170 Å². The molecule has 0 radical (unpaired) electrons. The van der Waals surface area contributed by atoms with Gasteiger partial charge in [0.25, 0.3) is 0 Å². The van der Waals surface area contributed by atoms with Crippen molar-refractivity contribution in [1.82, 2.24) is 23.5 Å². The molecule has 6 nitrogen and oxygen atoms in total. The van der Waals surface area contributed by atoms with Crippen molar-refractivity contribution in [3.63, 3.8) is 0 Å². The number of rotatable bonds is 2. The number of nitrogens with one attached hydrogen (secondary N) is 1. The van der Waals surface area contributed by atoms with E-state index in [4.69, 9.17) is 4.98 Å². The van der Waals surface area contributed by atoms with Crippen LogP contribution < -0.4 is 4.40 Å². The molecule has 7 aromatic rings. The standard InChI is InChI=1S/C24H16N6/c1-2-6-17(7-3-1)27-12-15-30-22-16-18(10-11-20(22)26-23(27)30)28-13-14-29-21-9-5-4-8-19(21)25-24(28)29/h1-16H/p+1. The van der Waals surface area contributed by atoms with Crippen molar-refractivity contribution >= 4 is 33.6 Å². The third-order valence-corrected chi connectivity index (χ3v) is 5.78. The minimum absolute atomic E-state index is 0.908. The molecule has 0 aliphatic rings. The fraction of sp³-hybridized carbons (Fsp3) is 0. The van der Waals surface area contributed by atoms with Gasteiger partial charge in [0.05, 0.1) is 11.0 Å². The maximum Gasteiger partial charge on any atom is 0.372 e. The van der Waals surface area contributed by atoms with Crippen LogP contribution in [0.2, 0.25) is 0 Å². The summed E-state index contributed by atoms with van der Waals surface area (Å²) < 4.78 is 8.61. The lowest BCUT2D eigenvalue weighted by Gasteiger charge is -2.00. The molecule has 0 spiro atoms. The lowest BCUT2D eigenvalue weighted by Crippen LogP contribution is -2.16. The van der Waals surface area contributed by atoms with Gasteiger partial charge in [-0.15, -0.1) is 0 Å². The Bertz CT molecular complexity index is 1690. The monoisotopic (exact) mass is 389 g/mol. The highest BCUT2D eigenvalue weighted by atomic mass is 15.2. The van der Waals surface area contributed by atoms with Gasteiger partial charge in [-0.05, 0) is 36.4 Å². The Morgan fingerprint density at radius 2 is 1.63 bits per heavy atom. The number of benzene rings is 3. The van der Waals surface area contributed by atoms with Gasteiger partial charge in [0, 0.05) is 24.1 Å². The Kier molecular flexibility index (Phi) is 2.91. The van der Waals surface area contributed by atoms with Crippen molar-refractivity contribution in [2.75, 3.05) is 0 Å². The predicted octanol–water partition coefficient (Wildman–Crippen LogP) is 4.29. The molecule has 0 saturated carbocycles. The number of aromatic amines is 1. The van der Waals surface area contributed by atoms with Crippen molar-refractivity contribution in [1.29, 1.82) is 0 Å². The number of aromatic nitrogens is 6. The number of fused-ring (bicyclic) bond motifs is 6. The first kappa shape index (κ1) is 15.6. The van der Waals surface area contributed by atoms with Gasteiger partial charge in [0.1, 0.15) is 29.1 Å². The van der Waals surface area contributed by atoms with E-state index in [1.807, 2.05) is 18.2 Å². The summed E-state index contributed by atoms with van der Waals surface area (Å²) in [5.41, 5.74) is 6.54. The third-order valence-electron chi connectivity index (χ3n) is 5.78. The number of hydrogen-bond acceptors (Lipinski definition) is 1. The number of hydrogen-bond donors (Lipinski definition) is 1. The molecule has 4 heterocycles. The fourth-order valence-electron chi connectivity index (χ4n) is 4.35. The summed E-state index contributed by atoms with van der Waals surface area (Å²) in [5, 5.41) is 0. The van der Waals surface area contributed by atoms with Gasteiger partial charge in [-0.25, -0.2) is 14.5 Å². The molecule has 0 amide bonds. The van der Waals surface area contributed by atoms with Crippen LogP contribution in [-0.2, 0) is 0 Å². The average molecular weight is 389 g/mol. The topological polar surface area (TPSA) is 47.0 Å². The van der Waals surface area contributed by atoms with Crippen LogP contribution in [0, 0.1) is 0 Å². The summed E-state index contributed by atoms with van der Waals surface area (Å²) >= 11 is 0. The molecule has 30 heavy (non-hydrogen) atoms. The molecule has 7 rings (SSSR count). The maximum absolute atomic E-state index is 4.87. The second-order valence-electron chi connectivity index (χ2n) is 7.46. The average Bonchev–Trinajstić information content (AvgIpc) is 3.53. The van der Waals surface area contributed by atoms with E-state index in [1.165, 1.54) is 5.52 Å². The van der Waals surface area contributed by atoms with Gasteiger partial charge in [-0.1, -0.05) is 30.3 Å². The molecule has 4 aromatic heterocycles. The van der Waals surface area contributed by atoms with E-state index in [2.05, 4.69) is 102 Å². The Balaban J connectivity index is 1.45. The Hall–Kier alpha value is -4.32. The van der Waals surface area contributed by atoms with Crippen LogP contribution in [0.25, 0.3) is 45.0 Å². The molecule has 0 fully saturated rings. The highest BCUT2D eigenvalue weighted by Crippen LogP contribution is 2.24. The molecular weight excluding hydrogens is 372 g/mol. The zero-order valence-electron chi connectivity index (χ0n) is 16.0.